The second-order valence-electron chi connectivity index (χ2n) is 5.42. The molecule has 2 atom stereocenters. The van der Waals surface area contributed by atoms with E-state index in [0.29, 0.717) is 6.42 Å². The molecule has 0 radical (unpaired) electrons. The molecule has 0 heterocycles. The van der Waals surface area contributed by atoms with Gasteiger partial charge in [-0.2, -0.15) is 0 Å². The molecule has 1 aromatic carbocycles. The quantitative estimate of drug-likeness (QED) is 0.858. The van der Waals surface area contributed by atoms with Crippen molar-refractivity contribution in [3.05, 3.63) is 35.4 Å². The number of carbonyl (C=O) groups excluding carboxylic acids is 1. The average molecular weight is 267 g/mol. The Kier molecular flexibility index (Phi) is 2.82. The summed E-state index contributed by atoms with van der Waals surface area (Å²) in [5.74, 6) is -3.71. The maximum absolute atomic E-state index is 12.7. The van der Waals surface area contributed by atoms with Crippen molar-refractivity contribution in [2.24, 2.45) is 5.92 Å². The van der Waals surface area contributed by atoms with Crippen LogP contribution in [0.15, 0.2) is 24.3 Å². The summed E-state index contributed by atoms with van der Waals surface area (Å²) in [7, 11) is 0. The van der Waals surface area contributed by atoms with Crippen molar-refractivity contribution in [2.75, 3.05) is 0 Å². The van der Waals surface area contributed by atoms with Gasteiger partial charge in [0.2, 0.25) is 11.8 Å². The largest absolute Gasteiger partial charge is 0.390 e. The fourth-order valence-electron chi connectivity index (χ4n) is 2.87. The van der Waals surface area contributed by atoms with Gasteiger partial charge in [0.15, 0.2) is 0 Å². The average Bonchev–Trinajstić information content (AvgIpc) is 2.63. The summed E-state index contributed by atoms with van der Waals surface area (Å²) in [6.07, 6.45) is -0.962. The highest BCUT2D eigenvalue weighted by atomic mass is 19.3. The Morgan fingerprint density at radius 1 is 1.32 bits per heavy atom. The van der Waals surface area contributed by atoms with Crippen molar-refractivity contribution >= 4 is 5.91 Å². The second-order valence-corrected chi connectivity index (χ2v) is 5.42. The smallest absolute Gasteiger partial charge is 0.249 e. The van der Waals surface area contributed by atoms with Crippen LogP contribution in [-0.4, -0.2) is 23.0 Å². The lowest BCUT2D eigenvalue weighted by Crippen LogP contribution is -2.47. The van der Waals surface area contributed by atoms with Gasteiger partial charge in [-0.05, 0) is 11.1 Å². The minimum Gasteiger partial charge on any atom is -0.390 e. The van der Waals surface area contributed by atoms with E-state index >= 15 is 0 Å². The molecular formula is C14H15F2NO2. The van der Waals surface area contributed by atoms with Crippen LogP contribution >= 0.6 is 0 Å². The number of carbonyl (C=O) groups is 1. The number of aliphatic hydroxyl groups excluding tert-OH is 1. The van der Waals surface area contributed by atoms with E-state index in [2.05, 4.69) is 5.32 Å². The molecule has 19 heavy (non-hydrogen) atoms. The summed E-state index contributed by atoms with van der Waals surface area (Å²) in [6, 6.07) is 7.00. The zero-order chi connectivity index (χ0) is 13.6. The van der Waals surface area contributed by atoms with E-state index in [9.17, 15) is 18.7 Å². The molecule has 0 saturated heterocycles. The molecule has 1 saturated carbocycles. The number of amides is 1. The van der Waals surface area contributed by atoms with Crippen LogP contribution in [0.25, 0.3) is 0 Å². The fourth-order valence-corrected chi connectivity index (χ4v) is 2.87. The first-order valence-corrected chi connectivity index (χ1v) is 6.40. The van der Waals surface area contributed by atoms with E-state index in [-0.39, 0.29) is 18.7 Å². The number of rotatable bonds is 2. The van der Waals surface area contributed by atoms with Crippen molar-refractivity contribution < 1.29 is 18.7 Å². The molecule has 1 amide bonds. The van der Waals surface area contributed by atoms with E-state index in [1.165, 1.54) is 0 Å². The molecule has 2 N–H and O–H groups in total. The van der Waals surface area contributed by atoms with Crippen LogP contribution in [0.3, 0.4) is 0 Å². The summed E-state index contributed by atoms with van der Waals surface area (Å²) in [5, 5.41) is 12.7. The Bertz CT molecular complexity index is 510. The zero-order valence-corrected chi connectivity index (χ0v) is 10.3. The van der Waals surface area contributed by atoms with Crippen molar-refractivity contribution in [1.29, 1.82) is 0 Å². The number of fused-ring (bicyclic) bond motifs is 1. The molecule has 2 aliphatic carbocycles. The Labute approximate surface area is 109 Å². The maximum Gasteiger partial charge on any atom is 0.249 e. The standard InChI is InChI=1S/C14H15F2NO2/c15-14(16)6-9(7-14)13(19)17-12-10-4-2-1-3-8(10)5-11(12)18/h1-4,9,11-12,18H,5-7H2,(H,17,19). The van der Waals surface area contributed by atoms with Crippen LogP contribution in [0, 0.1) is 5.92 Å². The summed E-state index contributed by atoms with van der Waals surface area (Å²) in [4.78, 5) is 11.9. The van der Waals surface area contributed by atoms with E-state index in [4.69, 9.17) is 0 Å². The van der Waals surface area contributed by atoms with Gasteiger partial charge in [0.25, 0.3) is 0 Å². The lowest BCUT2D eigenvalue weighted by molar-refractivity contribution is -0.151. The van der Waals surface area contributed by atoms with Crippen LogP contribution in [0.5, 0.6) is 0 Å². The van der Waals surface area contributed by atoms with Crippen LogP contribution in [0.4, 0.5) is 8.78 Å². The Balaban J connectivity index is 1.69. The van der Waals surface area contributed by atoms with Crippen molar-refractivity contribution in [1.82, 2.24) is 5.32 Å². The summed E-state index contributed by atoms with van der Waals surface area (Å²) in [5.41, 5.74) is 1.88. The fraction of sp³-hybridized carbons (Fsp3) is 0.500. The van der Waals surface area contributed by atoms with Crippen LogP contribution < -0.4 is 5.32 Å². The normalized spacial score (nSPS) is 28.6. The van der Waals surface area contributed by atoms with Gasteiger partial charge < -0.3 is 10.4 Å². The molecule has 0 bridgehead atoms. The topological polar surface area (TPSA) is 49.3 Å². The number of benzene rings is 1. The molecule has 3 rings (SSSR count). The summed E-state index contributed by atoms with van der Waals surface area (Å²) < 4.78 is 25.5. The molecule has 1 aromatic rings. The molecule has 102 valence electrons. The van der Waals surface area contributed by atoms with E-state index in [1.807, 2.05) is 24.3 Å². The van der Waals surface area contributed by atoms with Gasteiger partial charge in [-0.1, -0.05) is 24.3 Å². The van der Waals surface area contributed by atoms with Crippen molar-refractivity contribution in [3.8, 4) is 0 Å². The number of hydrogen-bond donors (Lipinski definition) is 2. The molecule has 3 nitrogen and oxygen atoms in total. The summed E-state index contributed by atoms with van der Waals surface area (Å²) in [6.45, 7) is 0. The minimum atomic E-state index is -2.70. The molecular weight excluding hydrogens is 252 g/mol. The Morgan fingerprint density at radius 3 is 2.68 bits per heavy atom. The molecule has 5 heteroatoms. The SMILES string of the molecule is O=C(NC1c2ccccc2CC1O)C1CC(F)(F)C1. The first-order valence-electron chi connectivity index (χ1n) is 6.40. The van der Waals surface area contributed by atoms with E-state index < -0.39 is 24.0 Å². The Morgan fingerprint density at radius 2 is 2.00 bits per heavy atom. The third-order valence-corrected chi connectivity index (χ3v) is 3.96. The highest BCUT2D eigenvalue weighted by Gasteiger charge is 2.49. The number of nitrogens with one attached hydrogen (secondary N) is 1. The molecule has 1 fully saturated rings. The first kappa shape index (κ1) is 12.5. The molecule has 2 aliphatic rings. The van der Waals surface area contributed by atoms with Gasteiger partial charge in [0.1, 0.15) is 0 Å². The van der Waals surface area contributed by atoms with Gasteiger partial charge in [0, 0.05) is 25.2 Å². The van der Waals surface area contributed by atoms with Gasteiger partial charge >= 0.3 is 0 Å². The predicted molar refractivity (Wildman–Crippen MR) is 64.7 cm³/mol. The first-order chi connectivity index (χ1) is 8.96. The highest BCUT2D eigenvalue weighted by molar-refractivity contribution is 5.80. The number of alkyl halides is 2. The number of aliphatic hydroxyl groups is 1. The third kappa shape index (κ3) is 2.23. The van der Waals surface area contributed by atoms with Gasteiger partial charge in [-0.25, -0.2) is 8.78 Å². The highest BCUT2D eigenvalue weighted by Crippen LogP contribution is 2.43. The van der Waals surface area contributed by atoms with Gasteiger partial charge in [0.05, 0.1) is 12.1 Å². The minimum absolute atomic E-state index is 0.383. The lowest BCUT2D eigenvalue weighted by Gasteiger charge is -2.34. The van der Waals surface area contributed by atoms with Crippen LogP contribution in [0.2, 0.25) is 0 Å². The van der Waals surface area contributed by atoms with Crippen LogP contribution in [0.1, 0.15) is 30.0 Å². The molecule has 0 spiro atoms. The number of hydrogen-bond acceptors (Lipinski definition) is 2. The molecule has 0 aliphatic heterocycles. The third-order valence-electron chi connectivity index (χ3n) is 3.96. The van der Waals surface area contributed by atoms with Crippen LogP contribution in [-0.2, 0) is 11.2 Å². The number of halogens is 2. The van der Waals surface area contributed by atoms with Crippen molar-refractivity contribution in [3.63, 3.8) is 0 Å². The summed E-state index contributed by atoms with van der Waals surface area (Å²) >= 11 is 0. The monoisotopic (exact) mass is 267 g/mol. The lowest BCUT2D eigenvalue weighted by atomic mass is 9.80. The predicted octanol–water partition coefficient (Wildman–Crippen LogP) is 1.81. The second kappa shape index (κ2) is 4.27. The van der Waals surface area contributed by atoms with Gasteiger partial charge in [-0.3, -0.25) is 4.79 Å². The molecule has 0 aromatic heterocycles. The van der Waals surface area contributed by atoms with E-state index in [1.54, 1.807) is 0 Å². The van der Waals surface area contributed by atoms with Crippen molar-refractivity contribution in [2.45, 2.75) is 37.3 Å². The Hall–Kier alpha value is -1.49. The maximum atomic E-state index is 12.7. The molecule has 2 unspecified atom stereocenters. The van der Waals surface area contributed by atoms with Gasteiger partial charge in [-0.15, -0.1) is 0 Å². The zero-order valence-electron chi connectivity index (χ0n) is 10.3. The van der Waals surface area contributed by atoms with E-state index in [0.717, 1.165) is 11.1 Å².